The lowest BCUT2D eigenvalue weighted by molar-refractivity contribution is -0.137. The largest absolute Gasteiger partial charge is 0.416 e. The van der Waals surface area contributed by atoms with Crippen molar-refractivity contribution < 1.29 is 18.0 Å². The fraction of sp³-hybridized carbons (Fsp3) is 0.429. The third-order valence-corrected chi connectivity index (χ3v) is 3.40. The quantitative estimate of drug-likeness (QED) is 0.648. The van der Waals surface area contributed by atoms with Gasteiger partial charge in [0.25, 0.3) is 5.91 Å². The van der Waals surface area contributed by atoms with Crippen LogP contribution in [0.15, 0.2) is 29.3 Å². The van der Waals surface area contributed by atoms with E-state index in [0.717, 1.165) is 25.2 Å². The molecule has 4 nitrogen and oxygen atoms in total. The Morgan fingerprint density at radius 1 is 1.29 bits per heavy atom. The molecule has 1 aromatic rings. The summed E-state index contributed by atoms with van der Waals surface area (Å²) in [6.07, 6.45) is -3.12. The lowest BCUT2D eigenvalue weighted by Crippen LogP contribution is -2.32. The summed E-state index contributed by atoms with van der Waals surface area (Å²) >= 11 is 0. The maximum Gasteiger partial charge on any atom is 0.416 e. The highest BCUT2D eigenvalue weighted by atomic mass is 19.4. The fourth-order valence-electron chi connectivity index (χ4n) is 2.20. The van der Waals surface area contributed by atoms with Gasteiger partial charge in [0.2, 0.25) is 0 Å². The van der Waals surface area contributed by atoms with Crippen LogP contribution in [0.5, 0.6) is 0 Å². The van der Waals surface area contributed by atoms with Crippen LogP contribution in [0.4, 0.5) is 13.2 Å². The summed E-state index contributed by atoms with van der Waals surface area (Å²) in [5.41, 5.74) is 4.95. The first-order chi connectivity index (χ1) is 9.88. The van der Waals surface area contributed by atoms with Gasteiger partial charge in [-0.2, -0.15) is 18.2 Å². The average molecular weight is 299 g/mol. The number of carbonyl (C=O) groups excluding carboxylic acids is 1. The number of benzene rings is 1. The Balaban J connectivity index is 2.17. The van der Waals surface area contributed by atoms with Crippen LogP contribution >= 0.6 is 0 Å². The zero-order valence-electron chi connectivity index (χ0n) is 11.3. The Morgan fingerprint density at radius 2 is 1.95 bits per heavy atom. The van der Waals surface area contributed by atoms with Gasteiger partial charge >= 0.3 is 6.18 Å². The minimum atomic E-state index is -4.45. The summed E-state index contributed by atoms with van der Waals surface area (Å²) in [4.78, 5) is 15.7. The summed E-state index contributed by atoms with van der Waals surface area (Å²) < 4.78 is 37.9. The van der Waals surface area contributed by atoms with Crippen LogP contribution in [0.3, 0.4) is 0 Å². The Kier molecular flexibility index (Phi) is 4.62. The molecular formula is C14H16F3N3O. The monoisotopic (exact) mass is 299 g/mol. The summed E-state index contributed by atoms with van der Waals surface area (Å²) in [7, 11) is 0. The van der Waals surface area contributed by atoms with E-state index < -0.39 is 11.7 Å². The third-order valence-electron chi connectivity index (χ3n) is 3.40. The molecular weight excluding hydrogens is 283 g/mol. The molecule has 0 radical (unpaired) electrons. The number of halogens is 3. The molecule has 0 spiro atoms. The van der Waals surface area contributed by atoms with E-state index in [4.69, 9.17) is 5.73 Å². The third kappa shape index (κ3) is 4.04. The van der Waals surface area contributed by atoms with Gasteiger partial charge in [-0.3, -0.25) is 4.79 Å². The minimum Gasteiger partial charge on any atom is -0.383 e. The van der Waals surface area contributed by atoms with E-state index in [1.165, 1.54) is 12.1 Å². The first-order valence-electron chi connectivity index (χ1n) is 6.64. The first-order valence-corrected chi connectivity index (χ1v) is 6.64. The molecule has 1 amide bonds. The van der Waals surface area contributed by atoms with Gasteiger partial charge in [0, 0.05) is 11.5 Å². The molecule has 1 fully saturated rings. The van der Waals surface area contributed by atoms with Crippen molar-refractivity contribution >= 4 is 11.7 Å². The van der Waals surface area contributed by atoms with Crippen molar-refractivity contribution in [2.45, 2.75) is 19.0 Å². The first kappa shape index (κ1) is 15.5. The minimum absolute atomic E-state index is 0.104. The Morgan fingerprint density at radius 3 is 2.57 bits per heavy atom. The molecule has 0 unspecified atom stereocenters. The van der Waals surface area contributed by atoms with Crippen molar-refractivity contribution in [2.24, 2.45) is 16.6 Å². The summed E-state index contributed by atoms with van der Waals surface area (Å²) in [6.45, 7) is 1.46. The zero-order chi connectivity index (χ0) is 15.5. The van der Waals surface area contributed by atoms with Crippen LogP contribution in [-0.2, 0) is 11.0 Å². The van der Waals surface area contributed by atoms with Crippen LogP contribution in [-0.4, -0.2) is 24.8 Å². The molecule has 7 heteroatoms. The van der Waals surface area contributed by atoms with E-state index >= 15 is 0 Å². The van der Waals surface area contributed by atoms with E-state index in [9.17, 15) is 18.0 Å². The predicted octanol–water partition coefficient (Wildman–Crippen LogP) is 1.94. The van der Waals surface area contributed by atoms with Crippen molar-refractivity contribution in [3.8, 4) is 0 Å². The SMILES string of the molecule is NC(=NC(=O)C1CCNCC1)c1cccc(C(F)(F)F)c1. The second-order valence-electron chi connectivity index (χ2n) is 4.94. The molecule has 3 N–H and O–H groups in total. The van der Waals surface area contributed by atoms with Gasteiger partial charge < -0.3 is 11.1 Å². The topological polar surface area (TPSA) is 67.5 Å². The van der Waals surface area contributed by atoms with Gasteiger partial charge in [0.15, 0.2) is 0 Å². The van der Waals surface area contributed by atoms with Crippen molar-refractivity contribution in [1.82, 2.24) is 5.32 Å². The second-order valence-corrected chi connectivity index (χ2v) is 4.94. The van der Waals surface area contributed by atoms with Crippen LogP contribution in [0, 0.1) is 5.92 Å². The van der Waals surface area contributed by atoms with Crippen LogP contribution < -0.4 is 11.1 Å². The van der Waals surface area contributed by atoms with Crippen LogP contribution in [0.2, 0.25) is 0 Å². The van der Waals surface area contributed by atoms with Gasteiger partial charge in [-0.15, -0.1) is 0 Å². The van der Waals surface area contributed by atoms with Crippen molar-refractivity contribution in [1.29, 1.82) is 0 Å². The number of amidine groups is 1. The van der Waals surface area contributed by atoms with E-state index in [1.807, 2.05) is 0 Å². The summed E-state index contributed by atoms with van der Waals surface area (Å²) in [5.74, 6) is -0.758. The van der Waals surface area contributed by atoms with Crippen LogP contribution in [0.1, 0.15) is 24.0 Å². The highest BCUT2D eigenvalue weighted by Gasteiger charge is 2.30. The van der Waals surface area contributed by atoms with Crippen molar-refractivity contribution in [3.05, 3.63) is 35.4 Å². The standard InChI is InChI=1S/C14H16F3N3O/c15-14(16,17)11-3-1-2-10(8-11)12(18)20-13(21)9-4-6-19-7-5-9/h1-3,8-9,19H,4-7H2,(H2,18,20,21). The van der Waals surface area contributed by atoms with Gasteiger partial charge in [-0.25, -0.2) is 0 Å². The van der Waals surface area contributed by atoms with Gasteiger partial charge in [0.05, 0.1) is 5.56 Å². The molecule has 0 atom stereocenters. The number of nitrogens with two attached hydrogens (primary N) is 1. The number of rotatable bonds is 2. The smallest absolute Gasteiger partial charge is 0.383 e. The number of hydrogen-bond acceptors (Lipinski definition) is 2. The number of nitrogens with one attached hydrogen (secondary N) is 1. The lowest BCUT2D eigenvalue weighted by Gasteiger charge is -2.19. The molecule has 1 aliphatic rings. The van der Waals surface area contributed by atoms with Gasteiger partial charge in [0.1, 0.15) is 5.84 Å². The Hall–Kier alpha value is -1.89. The fourth-order valence-corrected chi connectivity index (χ4v) is 2.20. The molecule has 1 aliphatic heterocycles. The molecule has 1 aromatic carbocycles. The molecule has 21 heavy (non-hydrogen) atoms. The Bertz CT molecular complexity index is 549. The number of carbonyl (C=O) groups is 1. The van der Waals surface area contributed by atoms with E-state index in [0.29, 0.717) is 12.8 Å². The number of piperidine rings is 1. The van der Waals surface area contributed by atoms with Crippen molar-refractivity contribution in [3.63, 3.8) is 0 Å². The maximum absolute atomic E-state index is 12.6. The molecule has 0 saturated carbocycles. The van der Waals surface area contributed by atoms with Gasteiger partial charge in [-0.05, 0) is 38.1 Å². The van der Waals surface area contributed by atoms with E-state index in [1.54, 1.807) is 0 Å². The normalized spacial score (nSPS) is 17.8. The number of nitrogens with zero attached hydrogens (tertiary/aromatic N) is 1. The molecule has 0 aromatic heterocycles. The highest BCUT2D eigenvalue weighted by Crippen LogP contribution is 2.29. The zero-order valence-corrected chi connectivity index (χ0v) is 11.3. The van der Waals surface area contributed by atoms with E-state index in [-0.39, 0.29) is 23.2 Å². The van der Waals surface area contributed by atoms with Gasteiger partial charge in [-0.1, -0.05) is 12.1 Å². The molecule has 114 valence electrons. The lowest BCUT2D eigenvalue weighted by atomic mass is 9.97. The average Bonchev–Trinajstić information content (AvgIpc) is 2.47. The van der Waals surface area contributed by atoms with Crippen LogP contribution in [0.25, 0.3) is 0 Å². The second kappa shape index (κ2) is 6.26. The summed E-state index contributed by atoms with van der Waals surface area (Å²) in [6, 6.07) is 4.50. The molecule has 0 bridgehead atoms. The van der Waals surface area contributed by atoms with E-state index in [2.05, 4.69) is 10.3 Å². The van der Waals surface area contributed by atoms with Crippen molar-refractivity contribution in [2.75, 3.05) is 13.1 Å². The molecule has 0 aliphatic carbocycles. The predicted molar refractivity (Wildman–Crippen MR) is 72.8 cm³/mol. The summed E-state index contributed by atoms with van der Waals surface area (Å²) in [5, 5.41) is 3.12. The number of amides is 1. The molecule has 1 saturated heterocycles. The number of hydrogen-bond donors (Lipinski definition) is 2. The molecule has 1 heterocycles. The number of alkyl halides is 3. The number of aliphatic imine (C=N–C) groups is 1. The molecule has 2 rings (SSSR count). The maximum atomic E-state index is 12.6. The highest BCUT2D eigenvalue weighted by molar-refractivity contribution is 6.04. The Labute approximate surface area is 120 Å².